The fourth-order valence-electron chi connectivity index (χ4n) is 2.81. The van der Waals surface area contributed by atoms with Gasteiger partial charge in [0.05, 0.1) is 5.39 Å². The normalized spacial score (nSPS) is 16.6. The zero-order valence-corrected chi connectivity index (χ0v) is 13.6. The van der Waals surface area contributed by atoms with Crippen molar-refractivity contribution in [1.29, 1.82) is 0 Å². The standard InChI is InChI=1S/C14H17ClN4OS/c1-7-8(2)21-13-10(7)12(17-14(15)18-13)19-5-3-9(4-6-19)11(16)20/h9H,3-6H2,1-2H3,(H2,16,20). The molecule has 1 fully saturated rings. The Hall–Kier alpha value is -1.40. The number of primary amides is 1. The van der Waals surface area contributed by atoms with E-state index in [1.807, 2.05) is 0 Å². The van der Waals surface area contributed by atoms with Crippen LogP contribution in [0.1, 0.15) is 23.3 Å². The van der Waals surface area contributed by atoms with Gasteiger partial charge < -0.3 is 10.6 Å². The molecule has 0 atom stereocenters. The van der Waals surface area contributed by atoms with Gasteiger partial charge in [-0.25, -0.2) is 4.98 Å². The maximum atomic E-state index is 11.3. The van der Waals surface area contributed by atoms with Crippen molar-refractivity contribution < 1.29 is 4.79 Å². The number of aryl methyl sites for hydroxylation is 2. The van der Waals surface area contributed by atoms with Crippen LogP contribution in [0.4, 0.5) is 5.82 Å². The number of nitrogens with two attached hydrogens (primary N) is 1. The van der Waals surface area contributed by atoms with Crippen LogP contribution in [0.2, 0.25) is 5.28 Å². The van der Waals surface area contributed by atoms with Crippen LogP contribution in [-0.2, 0) is 4.79 Å². The Morgan fingerprint density at radius 2 is 2.00 bits per heavy atom. The lowest BCUT2D eigenvalue weighted by Crippen LogP contribution is -2.39. The van der Waals surface area contributed by atoms with Crippen molar-refractivity contribution in [2.75, 3.05) is 18.0 Å². The third-order valence-corrected chi connectivity index (χ3v) is 5.45. The number of hydrogen-bond donors (Lipinski definition) is 1. The van der Waals surface area contributed by atoms with E-state index >= 15 is 0 Å². The average Bonchev–Trinajstić information content (AvgIpc) is 2.73. The maximum absolute atomic E-state index is 11.3. The minimum atomic E-state index is -0.205. The van der Waals surface area contributed by atoms with Crippen LogP contribution in [0.15, 0.2) is 0 Å². The zero-order chi connectivity index (χ0) is 15.1. The smallest absolute Gasteiger partial charge is 0.225 e. The number of rotatable bonds is 2. The number of thiophene rings is 1. The molecule has 2 aromatic rings. The van der Waals surface area contributed by atoms with E-state index in [0.29, 0.717) is 0 Å². The van der Waals surface area contributed by atoms with Crippen molar-refractivity contribution in [3.05, 3.63) is 15.7 Å². The maximum Gasteiger partial charge on any atom is 0.225 e. The summed E-state index contributed by atoms with van der Waals surface area (Å²) in [6.45, 7) is 5.71. The second-order valence-electron chi connectivity index (χ2n) is 5.44. The van der Waals surface area contributed by atoms with Gasteiger partial charge in [0.15, 0.2) is 0 Å². The molecule has 0 aliphatic carbocycles. The van der Waals surface area contributed by atoms with Crippen molar-refractivity contribution in [2.24, 2.45) is 11.7 Å². The fraction of sp³-hybridized carbons (Fsp3) is 0.500. The van der Waals surface area contributed by atoms with E-state index in [9.17, 15) is 4.79 Å². The number of amides is 1. The Morgan fingerprint density at radius 3 is 2.62 bits per heavy atom. The number of aromatic nitrogens is 2. The van der Waals surface area contributed by atoms with E-state index in [1.165, 1.54) is 10.4 Å². The van der Waals surface area contributed by atoms with Crippen molar-refractivity contribution in [3.8, 4) is 0 Å². The summed E-state index contributed by atoms with van der Waals surface area (Å²) in [5, 5.41) is 1.36. The highest BCUT2D eigenvalue weighted by Gasteiger charge is 2.26. The van der Waals surface area contributed by atoms with Crippen LogP contribution in [0.25, 0.3) is 10.2 Å². The summed E-state index contributed by atoms with van der Waals surface area (Å²) in [7, 11) is 0. The summed E-state index contributed by atoms with van der Waals surface area (Å²) in [5.41, 5.74) is 6.60. The highest BCUT2D eigenvalue weighted by atomic mass is 35.5. The molecule has 21 heavy (non-hydrogen) atoms. The van der Waals surface area contributed by atoms with Gasteiger partial charge in [-0.2, -0.15) is 4.98 Å². The average molecular weight is 325 g/mol. The monoisotopic (exact) mass is 324 g/mol. The highest BCUT2D eigenvalue weighted by Crippen LogP contribution is 2.36. The number of halogens is 1. The Bertz CT molecular complexity index is 707. The topological polar surface area (TPSA) is 72.1 Å². The first-order valence-corrected chi connectivity index (χ1v) is 8.14. The van der Waals surface area contributed by atoms with Crippen LogP contribution in [0.3, 0.4) is 0 Å². The predicted molar refractivity (Wildman–Crippen MR) is 86.0 cm³/mol. The minimum Gasteiger partial charge on any atom is -0.369 e. The lowest BCUT2D eigenvalue weighted by Gasteiger charge is -2.31. The third-order valence-electron chi connectivity index (χ3n) is 4.18. The molecule has 0 radical (unpaired) electrons. The van der Waals surface area contributed by atoms with Gasteiger partial charge in [-0.05, 0) is 43.9 Å². The number of piperidine rings is 1. The van der Waals surface area contributed by atoms with Crippen molar-refractivity contribution >= 4 is 44.9 Å². The number of fused-ring (bicyclic) bond motifs is 1. The third kappa shape index (κ3) is 2.58. The molecule has 1 aliphatic heterocycles. The molecule has 0 bridgehead atoms. The Morgan fingerprint density at radius 1 is 1.33 bits per heavy atom. The first kappa shape index (κ1) is 14.5. The van der Waals surface area contributed by atoms with Gasteiger partial charge in [0.2, 0.25) is 11.2 Å². The fourth-order valence-corrected chi connectivity index (χ4v) is 4.05. The van der Waals surface area contributed by atoms with Crippen molar-refractivity contribution in [2.45, 2.75) is 26.7 Å². The minimum absolute atomic E-state index is 0.0284. The molecule has 0 unspecified atom stereocenters. The van der Waals surface area contributed by atoms with Gasteiger partial charge in [0.1, 0.15) is 10.6 Å². The molecule has 0 aromatic carbocycles. The number of carbonyl (C=O) groups excluding carboxylic acids is 1. The van der Waals surface area contributed by atoms with Crippen LogP contribution in [-0.4, -0.2) is 29.0 Å². The largest absolute Gasteiger partial charge is 0.369 e. The summed E-state index contributed by atoms with van der Waals surface area (Å²) in [4.78, 5) is 24.4. The SMILES string of the molecule is Cc1sc2nc(Cl)nc(N3CCC(C(N)=O)CC3)c2c1C. The van der Waals surface area contributed by atoms with E-state index in [0.717, 1.165) is 42.0 Å². The van der Waals surface area contributed by atoms with E-state index in [-0.39, 0.29) is 17.1 Å². The molecule has 2 aromatic heterocycles. The molecular formula is C14H17ClN4OS. The van der Waals surface area contributed by atoms with E-state index < -0.39 is 0 Å². The molecular weight excluding hydrogens is 308 g/mol. The summed E-state index contributed by atoms with van der Waals surface area (Å²) in [5.74, 6) is 0.650. The summed E-state index contributed by atoms with van der Waals surface area (Å²) < 4.78 is 0. The van der Waals surface area contributed by atoms with Gasteiger partial charge in [-0.15, -0.1) is 11.3 Å². The van der Waals surface area contributed by atoms with E-state index in [4.69, 9.17) is 17.3 Å². The first-order chi connectivity index (χ1) is 9.97. The lowest BCUT2D eigenvalue weighted by atomic mass is 9.96. The van der Waals surface area contributed by atoms with Crippen LogP contribution < -0.4 is 10.6 Å². The molecule has 3 heterocycles. The molecule has 112 valence electrons. The number of anilines is 1. The van der Waals surface area contributed by atoms with Gasteiger partial charge in [0, 0.05) is 23.9 Å². The lowest BCUT2D eigenvalue weighted by molar-refractivity contribution is -0.122. The zero-order valence-electron chi connectivity index (χ0n) is 12.0. The Kier molecular flexibility index (Phi) is 3.75. The van der Waals surface area contributed by atoms with Crippen LogP contribution in [0, 0.1) is 19.8 Å². The number of nitrogens with zero attached hydrogens (tertiary/aromatic N) is 3. The second kappa shape index (κ2) is 5.42. The Labute approximate surface area is 132 Å². The van der Waals surface area contributed by atoms with E-state index in [1.54, 1.807) is 11.3 Å². The second-order valence-corrected chi connectivity index (χ2v) is 6.98. The van der Waals surface area contributed by atoms with Crippen LogP contribution >= 0.6 is 22.9 Å². The predicted octanol–water partition coefficient (Wildman–Crippen LogP) is 2.66. The Balaban J connectivity index is 1.99. The first-order valence-electron chi connectivity index (χ1n) is 6.95. The molecule has 3 rings (SSSR count). The van der Waals surface area contributed by atoms with Gasteiger partial charge in [-0.3, -0.25) is 4.79 Å². The molecule has 0 saturated carbocycles. The molecule has 1 aliphatic rings. The molecule has 2 N–H and O–H groups in total. The molecule has 1 saturated heterocycles. The summed E-state index contributed by atoms with van der Waals surface area (Å²) in [6, 6.07) is 0. The number of carbonyl (C=O) groups is 1. The van der Waals surface area contributed by atoms with Crippen molar-refractivity contribution in [3.63, 3.8) is 0 Å². The van der Waals surface area contributed by atoms with E-state index in [2.05, 4.69) is 28.7 Å². The van der Waals surface area contributed by atoms with Crippen LogP contribution in [0.5, 0.6) is 0 Å². The highest BCUT2D eigenvalue weighted by molar-refractivity contribution is 7.18. The number of hydrogen-bond acceptors (Lipinski definition) is 5. The van der Waals surface area contributed by atoms with Gasteiger partial charge >= 0.3 is 0 Å². The molecule has 5 nitrogen and oxygen atoms in total. The van der Waals surface area contributed by atoms with Gasteiger partial charge in [-0.1, -0.05) is 0 Å². The summed E-state index contributed by atoms with van der Waals surface area (Å²) in [6.07, 6.45) is 1.53. The molecule has 1 amide bonds. The summed E-state index contributed by atoms with van der Waals surface area (Å²) >= 11 is 7.71. The quantitative estimate of drug-likeness (QED) is 0.862. The van der Waals surface area contributed by atoms with Gasteiger partial charge in [0.25, 0.3) is 0 Å². The molecule has 0 spiro atoms. The molecule has 7 heteroatoms. The van der Waals surface area contributed by atoms with Crippen molar-refractivity contribution in [1.82, 2.24) is 9.97 Å².